The molecular formula is C23H31N9O9P2S2. The number of H-pyrrole nitrogens is 1. The molecule has 8 atom stereocenters. The summed E-state index contributed by atoms with van der Waals surface area (Å²) in [6.07, 6.45) is 2.75. The minimum Gasteiger partial charge on any atom is -0.383 e. The molecule has 2 aliphatic rings. The van der Waals surface area contributed by atoms with Gasteiger partial charge in [0.1, 0.15) is 36.1 Å². The van der Waals surface area contributed by atoms with Gasteiger partial charge in [0.2, 0.25) is 5.95 Å². The Bertz CT molecular complexity index is 1870. The molecule has 2 fully saturated rings. The van der Waals surface area contributed by atoms with Gasteiger partial charge in [-0.1, -0.05) is 12.2 Å². The first kappa shape index (κ1) is 32.5. The second-order valence-corrected chi connectivity index (χ2v) is 16.3. The maximum absolute atomic E-state index is 12.4. The number of nitrogens with one attached hydrogen (secondary N) is 1. The highest BCUT2D eigenvalue weighted by molar-refractivity contribution is 8.44. The number of thiol groups is 1. The Morgan fingerprint density at radius 3 is 2.71 bits per heavy atom. The van der Waals surface area contributed by atoms with Crippen molar-refractivity contribution in [2.45, 2.75) is 49.8 Å². The van der Waals surface area contributed by atoms with Gasteiger partial charge in [0.25, 0.3) is 5.56 Å². The van der Waals surface area contributed by atoms with Crippen LogP contribution in [-0.2, 0) is 39.4 Å². The number of nitrogen functional groups attached to an aromatic ring is 2. The SMILES string of the molecule is CO[C@H]1[C@@H](OP(O)(=S)OC[C@@H]2CC[C@H](n3ccc4c(N)ncnc43)C2)[C@H](n2cnc3c(=O)[nH]c(N)nc32)O[C@@H]1COP(=O)(O)S. The van der Waals surface area contributed by atoms with E-state index in [0.717, 1.165) is 30.3 Å². The van der Waals surface area contributed by atoms with Gasteiger partial charge in [0, 0.05) is 19.3 Å². The van der Waals surface area contributed by atoms with Crippen molar-refractivity contribution in [1.29, 1.82) is 0 Å². The van der Waals surface area contributed by atoms with E-state index >= 15 is 0 Å². The van der Waals surface area contributed by atoms with Gasteiger partial charge >= 0.3 is 13.5 Å². The van der Waals surface area contributed by atoms with E-state index in [-0.39, 0.29) is 35.7 Å². The first-order valence-electron chi connectivity index (χ1n) is 13.7. The highest BCUT2D eigenvalue weighted by atomic mass is 32.7. The Morgan fingerprint density at radius 1 is 1.16 bits per heavy atom. The zero-order valence-electron chi connectivity index (χ0n) is 23.6. The van der Waals surface area contributed by atoms with Gasteiger partial charge < -0.3 is 39.8 Å². The van der Waals surface area contributed by atoms with Crippen LogP contribution in [0.2, 0.25) is 0 Å². The number of nitrogens with two attached hydrogens (primary N) is 2. The van der Waals surface area contributed by atoms with Crippen LogP contribution < -0.4 is 17.0 Å². The summed E-state index contributed by atoms with van der Waals surface area (Å²) < 4.78 is 43.7. The number of aromatic amines is 1. The molecule has 0 aromatic carbocycles. The Kier molecular flexibility index (Phi) is 9.10. The molecule has 5 heterocycles. The lowest BCUT2D eigenvalue weighted by molar-refractivity contribution is -0.0492. The number of nitrogens with zero attached hydrogens (tertiary/aromatic N) is 6. The molecule has 7 N–H and O–H groups in total. The third-order valence-electron chi connectivity index (χ3n) is 7.86. The van der Waals surface area contributed by atoms with E-state index < -0.39 is 50.2 Å². The summed E-state index contributed by atoms with van der Waals surface area (Å²) in [5.74, 6) is 0.307. The molecule has 18 nitrogen and oxygen atoms in total. The molecule has 0 radical (unpaired) electrons. The molecule has 45 heavy (non-hydrogen) atoms. The Hall–Kier alpha value is -2.48. The van der Waals surface area contributed by atoms with Crippen molar-refractivity contribution in [3.8, 4) is 0 Å². The number of rotatable bonds is 11. The summed E-state index contributed by atoms with van der Waals surface area (Å²) in [5.41, 5.74) is 11.9. The van der Waals surface area contributed by atoms with Crippen LogP contribution in [0.25, 0.3) is 22.2 Å². The number of imidazole rings is 1. The molecule has 0 amide bonds. The fourth-order valence-corrected chi connectivity index (χ4v) is 7.90. The number of aromatic nitrogens is 7. The minimum atomic E-state index is -4.19. The highest BCUT2D eigenvalue weighted by Crippen LogP contribution is 2.52. The molecule has 0 bridgehead atoms. The monoisotopic (exact) mass is 703 g/mol. The van der Waals surface area contributed by atoms with Crippen LogP contribution in [0, 0.1) is 5.92 Å². The Labute approximate surface area is 265 Å². The van der Waals surface area contributed by atoms with Gasteiger partial charge in [0.15, 0.2) is 17.4 Å². The first-order valence-corrected chi connectivity index (χ1v) is 19.0. The lowest BCUT2D eigenvalue weighted by Crippen LogP contribution is -2.37. The van der Waals surface area contributed by atoms with Gasteiger partial charge in [0.05, 0.1) is 24.9 Å². The molecule has 1 aliphatic heterocycles. The average Bonchev–Trinajstić information content (AvgIpc) is 3.75. The summed E-state index contributed by atoms with van der Waals surface area (Å²) in [6.45, 7) is -8.44. The Morgan fingerprint density at radius 2 is 1.96 bits per heavy atom. The summed E-state index contributed by atoms with van der Waals surface area (Å²) in [6, 6.07) is 2.03. The third-order valence-corrected chi connectivity index (χ3v) is 10.3. The van der Waals surface area contributed by atoms with Crippen molar-refractivity contribution < 1.29 is 37.4 Å². The van der Waals surface area contributed by atoms with Crippen molar-refractivity contribution in [1.82, 2.24) is 34.1 Å². The van der Waals surface area contributed by atoms with Gasteiger partial charge in [-0.3, -0.25) is 23.4 Å². The van der Waals surface area contributed by atoms with Crippen molar-refractivity contribution >= 4 is 71.5 Å². The van der Waals surface area contributed by atoms with E-state index in [1.807, 2.05) is 12.3 Å². The number of fused-ring (bicyclic) bond motifs is 2. The summed E-state index contributed by atoms with van der Waals surface area (Å²) in [4.78, 5) is 52.3. The second-order valence-electron chi connectivity index (χ2n) is 10.7. The number of ether oxygens (including phenoxy) is 2. The van der Waals surface area contributed by atoms with Crippen molar-refractivity contribution in [3.63, 3.8) is 0 Å². The topological polar surface area (TPSA) is 250 Å². The lowest BCUT2D eigenvalue weighted by atomic mass is 10.1. The molecule has 0 spiro atoms. The smallest absolute Gasteiger partial charge is 0.383 e. The maximum atomic E-state index is 12.4. The van der Waals surface area contributed by atoms with Gasteiger partial charge in [-0.2, -0.15) is 4.98 Å². The fourth-order valence-electron chi connectivity index (χ4n) is 5.89. The molecule has 22 heteroatoms. The molecule has 244 valence electrons. The molecule has 4 aromatic rings. The number of hydrogen-bond donors (Lipinski definition) is 6. The number of methoxy groups -OCH3 is 1. The molecular weight excluding hydrogens is 672 g/mol. The van der Waals surface area contributed by atoms with Crippen molar-refractivity contribution in [2.75, 3.05) is 31.8 Å². The van der Waals surface area contributed by atoms with Crippen LogP contribution in [0.5, 0.6) is 0 Å². The normalized spacial score (nSPS) is 28.1. The molecule has 4 aromatic heterocycles. The highest BCUT2D eigenvalue weighted by Gasteiger charge is 2.50. The lowest BCUT2D eigenvalue weighted by Gasteiger charge is -2.28. The predicted molar refractivity (Wildman–Crippen MR) is 168 cm³/mol. The van der Waals surface area contributed by atoms with Crippen LogP contribution in [0.4, 0.5) is 11.8 Å². The van der Waals surface area contributed by atoms with Crippen molar-refractivity contribution in [2.24, 2.45) is 5.92 Å². The summed E-state index contributed by atoms with van der Waals surface area (Å²) in [5, 5.41) is 0.783. The van der Waals surface area contributed by atoms with E-state index in [4.69, 9.17) is 46.3 Å². The zero-order chi connectivity index (χ0) is 32.1. The van der Waals surface area contributed by atoms with Crippen LogP contribution in [0.3, 0.4) is 0 Å². The fraction of sp³-hybridized carbons (Fsp3) is 0.522. The van der Waals surface area contributed by atoms with E-state index in [1.165, 1.54) is 24.3 Å². The molecule has 1 saturated heterocycles. The van der Waals surface area contributed by atoms with Gasteiger partial charge in [-0.05, 0) is 43.1 Å². The summed E-state index contributed by atoms with van der Waals surface area (Å²) >= 11 is 8.96. The van der Waals surface area contributed by atoms with E-state index in [1.54, 1.807) is 0 Å². The molecule has 2 unspecified atom stereocenters. The summed E-state index contributed by atoms with van der Waals surface area (Å²) in [7, 11) is 1.36. The average molecular weight is 704 g/mol. The van der Waals surface area contributed by atoms with Crippen LogP contribution >= 0.6 is 25.8 Å². The standard InChI is InChI=1S/C23H31N9O9P2S2/c1-37-16-14(8-38-42(34,35)44)40-22(32-10-28-15-20(32)29-23(25)30-21(15)33)17(16)41-43(36,45)39-7-11-2-3-12(6-11)31-5-4-13-18(24)26-9-27-19(13)31/h4-5,9-12,14,16-17,22H,2-3,6-8H2,1H3,(H,36,45)(H2,24,26,27)(H2,34,35,44)(H3,25,29,30,33)/t11-,12+,14-,16-,17-,22-,43?/m1/s1. The Balaban J connectivity index is 1.19. The van der Waals surface area contributed by atoms with Gasteiger partial charge in [-0.25, -0.2) is 19.5 Å². The number of hydrogen-bond acceptors (Lipinski definition) is 14. The van der Waals surface area contributed by atoms with E-state index in [2.05, 4.69) is 41.7 Å². The van der Waals surface area contributed by atoms with Crippen LogP contribution in [-0.4, -0.2) is 82.5 Å². The zero-order valence-corrected chi connectivity index (χ0v) is 27.1. The van der Waals surface area contributed by atoms with E-state index in [0.29, 0.717) is 5.82 Å². The largest absolute Gasteiger partial charge is 0.383 e. The number of anilines is 2. The second kappa shape index (κ2) is 12.6. The van der Waals surface area contributed by atoms with Crippen LogP contribution in [0.15, 0.2) is 29.7 Å². The van der Waals surface area contributed by atoms with Crippen LogP contribution in [0.1, 0.15) is 31.5 Å². The van der Waals surface area contributed by atoms with Crippen molar-refractivity contribution in [3.05, 3.63) is 35.3 Å². The van der Waals surface area contributed by atoms with Gasteiger partial charge in [-0.15, -0.1) is 0 Å². The first-order chi connectivity index (χ1) is 21.3. The quantitative estimate of drug-likeness (QED) is 0.0959. The third kappa shape index (κ3) is 6.82. The molecule has 1 aliphatic carbocycles. The molecule has 1 saturated carbocycles. The maximum Gasteiger partial charge on any atom is 0.383 e. The minimum absolute atomic E-state index is 0.0319. The predicted octanol–water partition coefficient (Wildman–Crippen LogP) is 1.65. The van der Waals surface area contributed by atoms with E-state index in [9.17, 15) is 19.1 Å². The molecule has 6 rings (SSSR count).